The van der Waals surface area contributed by atoms with Gasteiger partial charge in [0.2, 0.25) is 17.7 Å². The van der Waals surface area contributed by atoms with Gasteiger partial charge >= 0.3 is 4.87 Å². The van der Waals surface area contributed by atoms with E-state index in [-0.39, 0.29) is 17.9 Å². The lowest BCUT2D eigenvalue weighted by Crippen LogP contribution is -2.33. The minimum Gasteiger partial charge on any atom is -0.497 e. The second kappa shape index (κ2) is 12.3. The number of hydrogen-bond acceptors (Lipinski definition) is 11. The van der Waals surface area contributed by atoms with Crippen molar-refractivity contribution in [3.8, 4) is 17.2 Å². The first-order valence-electron chi connectivity index (χ1n) is 13.8. The summed E-state index contributed by atoms with van der Waals surface area (Å²) in [6.07, 6.45) is 0. The van der Waals surface area contributed by atoms with Gasteiger partial charge in [-0.1, -0.05) is 29.2 Å². The van der Waals surface area contributed by atoms with Crippen molar-refractivity contribution >= 4 is 57.9 Å². The summed E-state index contributed by atoms with van der Waals surface area (Å²) in [7, 11) is 4.50. The van der Waals surface area contributed by atoms with Crippen LogP contribution in [0.2, 0.25) is 0 Å². The average Bonchev–Trinajstić information content (AvgIpc) is 3.50. The second-order valence-corrected chi connectivity index (χ2v) is 12.5. The summed E-state index contributed by atoms with van der Waals surface area (Å²) in [5, 5.41) is 13.4. The fourth-order valence-corrected chi connectivity index (χ4v) is 8.43. The maximum atomic E-state index is 14.1. The normalized spacial score (nSPS) is 18.5. The van der Waals surface area contributed by atoms with Crippen LogP contribution in [0.4, 0.5) is 17.1 Å². The van der Waals surface area contributed by atoms with Gasteiger partial charge in [-0.25, -0.2) is 4.90 Å². The number of thiazole rings is 1. The summed E-state index contributed by atoms with van der Waals surface area (Å²) in [6, 6.07) is 17.0. The third kappa shape index (κ3) is 5.37. The molecule has 2 aliphatic heterocycles. The fourth-order valence-electron chi connectivity index (χ4n) is 5.66. The topological polar surface area (TPSA) is 159 Å². The molecule has 0 radical (unpaired) electrons. The largest absolute Gasteiger partial charge is 0.497 e. The van der Waals surface area contributed by atoms with E-state index in [1.807, 2.05) is 0 Å². The van der Waals surface area contributed by atoms with Crippen molar-refractivity contribution < 1.29 is 33.5 Å². The number of nitro benzene ring substituents is 1. The number of benzene rings is 3. The molecule has 1 N–H and O–H groups in total. The summed E-state index contributed by atoms with van der Waals surface area (Å²) in [5.74, 6) is -1.70. The molecule has 1 fully saturated rings. The van der Waals surface area contributed by atoms with E-state index in [0.717, 1.165) is 28.0 Å². The monoisotopic (exact) mass is 662 g/mol. The number of methoxy groups -OCH3 is 3. The van der Waals surface area contributed by atoms with Gasteiger partial charge in [-0.2, -0.15) is 0 Å². The smallest absolute Gasteiger partial charge is 0.308 e. The molecule has 6 rings (SSSR count). The number of nitrogens with zero attached hydrogens (tertiary/aromatic N) is 3. The van der Waals surface area contributed by atoms with Crippen LogP contribution in [0.5, 0.6) is 17.2 Å². The van der Waals surface area contributed by atoms with Crippen LogP contribution in [0.1, 0.15) is 16.4 Å². The Labute approximate surface area is 269 Å². The van der Waals surface area contributed by atoms with Crippen LogP contribution in [0.3, 0.4) is 0 Å². The highest BCUT2D eigenvalue weighted by atomic mass is 32.2. The highest BCUT2D eigenvalue weighted by Crippen LogP contribution is 2.54. The first-order valence-corrected chi connectivity index (χ1v) is 15.5. The molecule has 4 aromatic rings. The molecule has 3 aromatic carbocycles. The number of imide groups is 1. The van der Waals surface area contributed by atoms with E-state index in [1.54, 1.807) is 42.5 Å². The summed E-state index contributed by atoms with van der Waals surface area (Å²) in [5.41, 5.74) is 1.13. The number of aromatic nitrogens is 1. The SMILES string of the molecule is COc1ccc(NC(=O)Cn2c3c(sc2=O)[C@H](c2ccc(OC)c(OC)c2)C2C(=O)N(c4ccc([N+](=O)[O-])cc4)C(=O)C2S3)cc1. The number of thioether (sulfide) groups is 1. The Morgan fingerprint density at radius 3 is 2.24 bits per heavy atom. The Hall–Kier alpha value is -5.15. The van der Waals surface area contributed by atoms with E-state index in [2.05, 4.69) is 5.32 Å². The number of ether oxygens (including phenoxy) is 3. The molecule has 13 nitrogen and oxygen atoms in total. The maximum Gasteiger partial charge on any atom is 0.308 e. The van der Waals surface area contributed by atoms with Crippen LogP contribution in [0.15, 0.2) is 76.6 Å². The number of fused-ring (bicyclic) bond motifs is 2. The van der Waals surface area contributed by atoms with Crippen LogP contribution in [0.25, 0.3) is 0 Å². The molecular formula is C31H26N4O9S2. The third-order valence-electron chi connectivity index (χ3n) is 7.81. The number of anilines is 2. The van der Waals surface area contributed by atoms with Crippen molar-refractivity contribution in [3.63, 3.8) is 0 Å². The van der Waals surface area contributed by atoms with Gasteiger partial charge < -0.3 is 19.5 Å². The minimum atomic E-state index is -0.946. The molecule has 46 heavy (non-hydrogen) atoms. The molecule has 0 spiro atoms. The Morgan fingerprint density at radius 2 is 1.61 bits per heavy atom. The van der Waals surface area contributed by atoms with Gasteiger partial charge in [0.25, 0.3) is 5.69 Å². The summed E-state index contributed by atoms with van der Waals surface area (Å²) in [4.78, 5) is 66.4. The van der Waals surface area contributed by atoms with E-state index in [9.17, 15) is 29.3 Å². The standard InChI is InChI=1S/C31H26N4O9S2/c1-42-20-11-5-17(6-12-20)32-23(36)15-33-30-27(46-31(33)39)24(16-4-13-21(43-2)22(14-16)44-3)25-26(45-30)29(38)34(28(25)37)18-7-9-19(10-8-18)35(40)41/h4-14,24-26H,15H2,1-3H3,(H,32,36)/t24-,25?,26?/m1/s1. The highest BCUT2D eigenvalue weighted by molar-refractivity contribution is 8.00. The zero-order valence-electron chi connectivity index (χ0n) is 24.6. The number of nitrogens with one attached hydrogen (secondary N) is 1. The average molecular weight is 663 g/mol. The van der Waals surface area contributed by atoms with E-state index in [1.165, 1.54) is 50.2 Å². The van der Waals surface area contributed by atoms with Crippen molar-refractivity contribution in [2.24, 2.45) is 5.92 Å². The van der Waals surface area contributed by atoms with Crippen LogP contribution < -0.4 is 29.3 Å². The zero-order valence-corrected chi connectivity index (χ0v) is 26.3. The minimum absolute atomic E-state index is 0.183. The van der Waals surface area contributed by atoms with Crippen molar-refractivity contribution in [2.75, 3.05) is 31.5 Å². The Kier molecular flexibility index (Phi) is 8.27. The van der Waals surface area contributed by atoms with Gasteiger partial charge in [-0.05, 0) is 54.1 Å². The fraction of sp³-hybridized carbons (Fsp3) is 0.226. The number of nitro groups is 1. The molecule has 236 valence electrons. The molecule has 3 heterocycles. The predicted molar refractivity (Wildman–Crippen MR) is 170 cm³/mol. The van der Waals surface area contributed by atoms with Gasteiger partial charge in [-0.3, -0.25) is 33.9 Å². The molecule has 1 saturated heterocycles. The molecule has 2 aliphatic rings. The number of carbonyl (C=O) groups excluding carboxylic acids is 3. The van der Waals surface area contributed by atoms with Crippen molar-refractivity contribution in [3.05, 3.63) is 97.0 Å². The first-order chi connectivity index (χ1) is 22.1. The van der Waals surface area contributed by atoms with Crippen molar-refractivity contribution in [2.45, 2.75) is 22.7 Å². The molecule has 0 bridgehead atoms. The van der Waals surface area contributed by atoms with Gasteiger partial charge in [0.05, 0.1) is 42.9 Å². The number of non-ortho nitro benzene ring substituents is 1. The highest BCUT2D eigenvalue weighted by Gasteiger charge is 2.57. The Bertz CT molecular complexity index is 1920. The number of amides is 3. The predicted octanol–water partition coefficient (Wildman–Crippen LogP) is 4.28. The molecule has 3 amide bonds. The maximum absolute atomic E-state index is 14.1. The molecule has 2 unspecified atom stereocenters. The van der Waals surface area contributed by atoms with Crippen molar-refractivity contribution in [1.29, 1.82) is 0 Å². The van der Waals surface area contributed by atoms with Gasteiger partial charge in [0.1, 0.15) is 17.5 Å². The zero-order chi connectivity index (χ0) is 32.7. The van der Waals surface area contributed by atoms with Gasteiger partial charge in [0, 0.05) is 28.6 Å². The molecule has 3 atom stereocenters. The Balaban J connectivity index is 1.41. The Morgan fingerprint density at radius 1 is 0.913 bits per heavy atom. The lowest BCUT2D eigenvalue weighted by Gasteiger charge is -2.31. The van der Waals surface area contributed by atoms with E-state index < -0.39 is 44.6 Å². The van der Waals surface area contributed by atoms with Crippen LogP contribution in [-0.4, -0.2) is 53.8 Å². The summed E-state index contributed by atoms with van der Waals surface area (Å²) in [6.45, 7) is -0.325. The third-order valence-corrected chi connectivity index (χ3v) is 10.4. The van der Waals surface area contributed by atoms with Gasteiger partial charge in [-0.15, -0.1) is 0 Å². The first kappa shape index (κ1) is 30.9. The van der Waals surface area contributed by atoms with Crippen LogP contribution >= 0.6 is 23.1 Å². The molecule has 1 aromatic heterocycles. The van der Waals surface area contributed by atoms with E-state index in [0.29, 0.717) is 38.4 Å². The number of carbonyl (C=O) groups is 3. The lowest BCUT2D eigenvalue weighted by atomic mass is 9.83. The number of rotatable bonds is 9. The summed E-state index contributed by atoms with van der Waals surface area (Å²) >= 11 is 1.98. The van der Waals surface area contributed by atoms with E-state index >= 15 is 0 Å². The summed E-state index contributed by atoms with van der Waals surface area (Å²) < 4.78 is 17.4. The van der Waals surface area contributed by atoms with Gasteiger partial charge in [0.15, 0.2) is 11.5 Å². The quantitative estimate of drug-likeness (QED) is 0.156. The van der Waals surface area contributed by atoms with Crippen LogP contribution in [0, 0.1) is 16.0 Å². The van der Waals surface area contributed by atoms with Crippen molar-refractivity contribution in [1.82, 2.24) is 4.57 Å². The van der Waals surface area contributed by atoms with Crippen LogP contribution in [-0.2, 0) is 20.9 Å². The van der Waals surface area contributed by atoms with E-state index in [4.69, 9.17) is 14.2 Å². The number of hydrogen-bond donors (Lipinski definition) is 1. The molecule has 0 aliphatic carbocycles. The molecule has 0 saturated carbocycles. The molecular weight excluding hydrogens is 636 g/mol. The lowest BCUT2D eigenvalue weighted by molar-refractivity contribution is -0.384. The second-order valence-electron chi connectivity index (χ2n) is 10.3. The molecule has 15 heteroatoms.